The van der Waals surface area contributed by atoms with Gasteiger partial charge in [0.2, 0.25) is 0 Å². The van der Waals surface area contributed by atoms with Gasteiger partial charge in [-0.15, -0.1) is 0 Å². The van der Waals surface area contributed by atoms with Gasteiger partial charge in [-0.2, -0.15) is 0 Å². The molecule has 0 bridgehead atoms. The standard InChI is InChI=1S/C17H22Cl2O2/c1-17(2,3)21-16(20)13-6-4-11(9-13)8-12-5-7-14(18)15(19)10-12/h5,7,10-11,13H,4,6,8-9H2,1-3H3. The van der Waals surface area contributed by atoms with E-state index in [4.69, 9.17) is 27.9 Å². The van der Waals surface area contributed by atoms with E-state index in [2.05, 4.69) is 0 Å². The SMILES string of the molecule is CC(C)(C)OC(=O)C1CCC(Cc2ccc(Cl)c(Cl)c2)C1. The van der Waals surface area contributed by atoms with E-state index in [9.17, 15) is 4.79 Å². The Morgan fingerprint density at radius 2 is 1.95 bits per heavy atom. The highest BCUT2D eigenvalue weighted by Crippen LogP contribution is 2.35. The first kappa shape index (κ1) is 16.6. The molecule has 2 nitrogen and oxygen atoms in total. The van der Waals surface area contributed by atoms with Crippen molar-refractivity contribution in [1.29, 1.82) is 0 Å². The third-order valence-corrected chi connectivity index (χ3v) is 4.53. The fourth-order valence-electron chi connectivity index (χ4n) is 2.86. The number of rotatable bonds is 3. The summed E-state index contributed by atoms with van der Waals surface area (Å²) in [5.74, 6) is 0.496. The number of ether oxygens (including phenoxy) is 1. The Morgan fingerprint density at radius 1 is 1.24 bits per heavy atom. The maximum absolute atomic E-state index is 12.1. The molecule has 0 aliphatic heterocycles. The number of halogens is 2. The first-order valence-electron chi connectivity index (χ1n) is 7.41. The summed E-state index contributed by atoms with van der Waals surface area (Å²) in [7, 11) is 0. The van der Waals surface area contributed by atoms with Gasteiger partial charge in [0.1, 0.15) is 5.60 Å². The van der Waals surface area contributed by atoms with E-state index < -0.39 is 5.60 Å². The zero-order chi connectivity index (χ0) is 15.6. The molecule has 0 N–H and O–H groups in total. The van der Waals surface area contributed by atoms with Crippen molar-refractivity contribution in [1.82, 2.24) is 0 Å². The zero-order valence-electron chi connectivity index (χ0n) is 12.8. The molecule has 0 aromatic heterocycles. The molecule has 2 rings (SSSR count). The van der Waals surface area contributed by atoms with Crippen molar-refractivity contribution in [3.63, 3.8) is 0 Å². The molecule has 1 saturated carbocycles. The van der Waals surface area contributed by atoms with Crippen LogP contribution in [0.2, 0.25) is 10.0 Å². The van der Waals surface area contributed by atoms with Crippen LogP contribution in [0.1, 0.15) is 45.6 Å². The minimum Gasteiger partial charge on any atom is -0.460 e. The number of carbonyl (C=O) groups is 1. The molecule has 2 atom stereocenters. The van der Waals surface area contributed by atoms with Crippen LogP contribution in [0.15, 0.2) is 18.2 Å². The Morgan fingerprint density at radius 3 is 2.57 bits per heavy atom. The number of hydrogen-bond donors (Lipinski definition) is 0. The second kappa shape index (κ2) is 6.58. The molecule has 1 aliphatic carbocycles. The molecule has 4 heteroatoms. The summed E-state index contributed by atoms with van der Waals surface area (Å²) >= 11 is 12.0. The highest BCUT2D eigenvalue weighted by molar-refractivity contribution is 6.42. The van der Waals surface area contributed by atoms with Crippen LogP contribution in [0, 0.1) is 11.8 Å². The quantitative estimate of drug-likeness (QED) is 0.704. The normalized spacial score (nSPS) is 22.3. The van der Waals surface area contributed by atoms with Crippen LogP contribution in [0.4, 0.5) is 0 Å². The lowest BCUT2D eigenvalue weighted by molar-refractivity contribution is -0.159. The first-order valence-corrected chi connectivity index (χ1v) is 8.17. The van der Waals surface area contributed by atoms with Gasteiger partial charge in [-0.25, -0.2) is 0 Å². The van der Waals surface area contributed by atoms with Gasteiger partial charge >= 0.3 is 5.97 Å². The fourth-order valence-corrected chi connectivity index (χ4v) is 3.18. The van der Waals surface area contributed by atoms with Crippen LogP contribution in [0.5, 0.6) is 0 Å². The Kier molecular flexibility index (Phi) is 5.21. The lowest BCUT2D eigenvalue weighted by atomic mass is 9.96. The minimum absolute atomic E-state index is 0.0389. The summed E-state index contributed by atoms with van der Waals surface area (Å²) in [5, 5.41) is 1.18. The maximum atomic E-state index is 12.1. The third kappa shape index (κ3) is 4.89. The highest BCUT2D eigenvalue weighted by atomic mass is 35.5. The van der Waals surface area contributed by atoms with Crippen molar-refractivity contribution < 1.29 is 9.53 Å². The van der Waals surface area contributed by atoms with Crippen LogP contribution in [0.3, 0.4) is 0 Å². The molecule has 0 amide bonds. The van der Waals surface area contributed by atoms with E-state index in [1.165, 1.54) is 5.56 Å². The lowest BCUT2D eigenvalue weighted by Crippen LogP contribution is -2.27. The molecule has 0 radical (unpaired) electrons. The monoisotopic (exact) mass is 328 g/mol. The molecule has 0 heterocycles. The van der Waals surface area contributed by atoms with Crippen LogP contribution >= 0.6 is 23.2 Å². The number of hydrogen-bond acceptors (Lipinski definition) is 2. The van der Waals surface area contributed by atoms with Crippen molar-refractivity contribution in [2.24, 2.45) is 11.8 Å². The smallest absolute Gasteiger partial charge is 0.309 e. The average molecular weight is 329 g/mol. The van der Waals surface area contributed by atoms with Crippen molar-refractivity contribution in [2.45, 2.75) is 52.1 Å². The van der Waals surface area contributed by atoms with E-state index in [1.54, 1.807) is 0 Å². The van der Waals surface area contributed by atoms with Gasteiger partial charge in [0, 0.05) is 0 Å². The van der Waals surface area contributed by atoms with Gasteiger partial charge in [0.25, 0.3) is 0 Å². The average Bonchev–Trinajstić information content (AvgIpc) is 2.80. The predicted molar refractivity (Wildman–Crippen MR) is 86.8 cm³/mol. The van der Waals surface area contributed by atoms with Gasteiger partial charge < -0.3 is 4.74 Å². The highest BCUT2D eigenvalue weighted by Gasteiger charge is 2.32. The Bertz CT molecular complexity index is 520. The van der Waals surface area contributed by atoms with Crippen LogP contribution in [-0.4, -0.2) is 11.6 Å². The van der Waals surface area contributed by atoms with Gasteiger partial charge in [0.15, 0.2) is 0 Å². The van der Waals surface area contributed by atoms with Crippen LogP contribution < -0.4 is 0 Å². The number of esters is 1. The first-order chi connectivity index (χ1) is 9.74. The molecule has 21 heavy (non-hydrogen) atoms. The van der Waals surface area contributed by atoms with E-state index in [1.807, 2.05) is 39.0 Å². The molecule has 116 valence electrons. The van der Waals surface area contributed by atoms with Crippen molar-refractivity contribution in [3.8, 4) is 0 Å². The van der Waals surface area contributed by atoms with E-state index in [0.717, 1.165) is 25.7 Å². The minimum atomic E-state index is -0.404. The van der Waals surface area contributed by atoms with Crippen LogP contribution in [0.25, 0.3) is 0 Å². The second-order valence-electron chi connectivity index (χ2n) is 6.86. The van der Waals surface area contributed by atoms with Gasteiger partial charge in [-0.05, 0) is 70.1 Å². The Balaban J connectivity index is 1.90. The predicted octanol–water partition coefficient (Wildman–Crippen LogP) is 5.29. The topological polar surface area (TPSA) is 26.3 Å². The van der Waals surface area contributed by atoms with Crippen molar-refractivity contribution in [2.75, 3.05) is 0 Å². The summed E-state index contributed by atoms with van der Waals surface area (Å²) in [6.45, 7) is 5.73. The van der Waals surface area contributed by atoms with Gasteiger partial charge in [-0.1, -0.05) is 29.3 Å². The molecular weight excluding hydrogens is 307 g/mol. The molecule has 2 unspecified atom stereocenters. The lowest BCUT2D eigenvalue weighted by Gasteiger charge is -2.22. The van der Waals surface area contributed by atoms with Crippen molar-refractivity contribution >= 4 is 29.2 Å². The van der Waals surface area contributed by atoms with E-state index in [-0.39, 0.29) is 11.9 Å². The second-order valence-corrected chi connectivity index (χ2v) is 7.68. The molecule has 0 saturated heterocycles. The Labute approximate surface area is 136 Å². The summed E-state index contributed by atoms with van der Waals surface area (Å²) in [6.07, 6.45) is 3.82. The fraction of sp³-hybridized carbons (Fsp3) is 0.588. The van der Waals surface area contributed by atoms with Crippen molar-refractivity contribution in [3.05, 3.63) is 33.8 Å². The van der Waals surface area contributed by atoms with Crippen LogP contribution in [-0.2, 0) is 16.0 Å². The van der Waals surface area contributed by atoms with E-state index in [0.29, 0.717) is 16.0 Å². The number of benzene rings is 1. The van der Waals surface area contributed by atoms with Gasteiger partial charge in [-0.3, -0.25) is 4.79 Å². The Hall–Kier alpha value is -0.730. The molecule has 1 fully saturated rings. The largest absolute Gasteiger partial charge is 0.460 e. The molecule has 1 aromatic rings. The third-order valence-electron chi connectivity index (χ3n) is 3.79. The molecular formula is C17H22Cl2O2. The molecule has 0 spiro atoms. The number of carbonyl (C=O) groups excluding carboxylic acids is 1. The maximum Gasteiger partial charge on any atom is 0.309 e. The zero-order valence-corrected chi connectivity index (χ0v) is 14.3. The summed E-state index contributed by atoms with van der Waals surface area (Å²) in [4.78, 5) is 12.1. The van der Waals surface area contributed by atoms with Gasteiger partial charge in [0.05, 0.1) is 16.0 Å². The molecule has 1 aliphatic rings. The van der Waals surface area contributed by atoms with E-state index >= 15 is 0 Å². The molecule has 1 aromatic carbocycles. The summed E-state index contributed by atoms with van der Waals surface area (Å²) in [6, 6.07) is 5.76. The summed E-state index contributed by atoms with van der Waals surface area (Å²) in [5.41, 5.74) is 0.776. The summed E-state index contributed by atoms with van der Waals surface area (Å²) < 4.78 is 5.48.